The summed E-state index contributed by atoms with van der Waals surface area (Å²) in [6.45, 7) is 0.0629. The molecule has 0 saturated carbocycles. The quantitative estimate of drug-likeness (QED) is 0.683. The van der Waals surface area contributed by atoms with Crippen LogP contribution in [-0.2, 0) is 4.74 Å². The number of rotatable bonds is 4. The zero-order valence-corrected chi connectivity index (χ0v) is 12.5. The smallest absolute Gasteiger partial charge is 0.213 e. The molecule has 4 atom stereocenters. The van der Waals surface area contributed by atoms with Crippen LogP contribution in [0.3, 0.4) is 0 Å². The van der Waals surface area contributed by atoms with Crippen LogP contribution in [0.15, 0.2) is 43.2 Å². The Kier molecular flexibility index (Phi) is 3.81. The fourth-order valence-electron chi connectivity index (χ4n) is 2.67. The van der Waals surface area contributed by atoms with Gasteiger partial charge in [-0.2, -0.15) is 0 Å². The molecule has 9 heteroatoms. The highest BCUT2D eigenvalue weighted by Crippen LogP contribution is 2.31. The summed E-state index contributed by atoms with van der Waals surface area (Å²) in [4.78, 5) is 16.2. The Labute approximate surface area is 136 Å². The fraction of sp³-hybridized carbons (Fsp3) is 0.333. The van der Waals surface area contributed by atoms with E-state index in [0.717, 1.165) is 0 Å². The molecule has 0 spiro atoms. The molecule has 0 aromatic carbocycles. The van der Waals surface area contributed by atoms with Gasteiger partial charge in [-0.25, -0.2) is 19.9 Å². The summed E-state index contributed by atoms with van der Waals surface area (Å²) in [7, 11) is 0. The molecular formula is C15H15N5O4. The van der Waals surface area contributed by atoms with Gasteiger partial charge in [-0.3, -0.25) is 4.57 Å². The predicted molar refractivity (Wildman–Crippen MR) is 81.0 cm³/mol. The third-order valence-corrected chi connectivity index (χ3v) is 3.88. The molecule has 4 heterocycles. The largest absolute Gasteiger partial charge is 0.475 e. The first-order chi connectivity index (χ1) is 11.7. The molecule has 1 aliphatic heterocycles. The van der Waals surface area contributed by atoms with Crippen LogP contribution in [0.4, 0.5) is 0 Å². The molecule has 0 aliphatic carbocycles. The molecule has 124 valence electrons. The maximum absolute atomic E-state index is 10.3. The molecule has 0 radical (unpaired) electrons. The Morgan fingerprint density at radius 1 is 1.17 bits per heavy atom. The van der Waals surface area contributed by atoms with E-state index in [1.54, 1.807) is 35.2 Å². The van der Waals surface area contributed by atoms with E-state index in [1.165, 1.54) is 12.7 Å². The molecule has 0 unspecified atom stereocenters. The minimum absolute atomic E-state index is 0.0629. The number of aliphatic hydroxyl groups excluding tert-OH is 2. The van der Waals surface area contributed by atoms with Crippen molar-refractivity contribution in [3.05, 3.63) is 43.2 Å². The molecule has 9 nitrogen and oxygen atoms in total. The standard InChI is InChI=1S/C15H15N5O4/c21-12-10(6-23-11-3-1-2-4-17-11)24-15(13(12)22)20-8-19-9-5-16-7-18-14(9)20/h1-5,7-8,10,12-13,15,21-22H,6H2/t10-,12-,13-,15-/m1/s1. The minimum atomic E-state index is -1.13. The van der Waals surface area contributed by atoms with Gasteiger partial charge < -0.3 is 19.7 Å². The lowest BCUT2D eigenvalue weighted by atomic mass is 10.1. The molecule has 1 aliphatic rings. The van der Waals surface area contributed by atoms with Crippen LogP contribution in [-0.4, -0.2) is 59.6 Å². The first-order valence-electron chi connectivity index (χ1n) is 7.42. The summed E-state index contributed by atoms with van der Waals surface area (Å²) >= 11 is 0. The fourth-order valence-corrected chi connectivity index (χ4v) is 2.67. The number of fused-ring (bicyclic) bond motifs is 1. The van der Waals surface area contributed by atoms with Gasteiger partial charge in [-0.1, -0.05) is 6.07 Å². The second kappa shape index (κ2) is 6.11. The average Bonchev–Trinajstić information content (AvgIpc) is 3.16. The van der Waals surface area contributed by atoms with E-state index in [1.807, 2.05) is 0 Å². The number of hydrogen-bond acceptors (Lipinski definition) is 8. The first kappa shape index (κ1) is 14.9. The molecule has 0 amide bonds. The number of nitrogens with zero attached hydrogens (tertiary/aromatic N) is 5. The van der Waals surface area contributed by atoms with Crippen molar-refractivity contribution in [2.75, 3.05) is 6.61 Å². The first-order valence-corrected chi connectivity index (χ1v) is 7.42. The topological polar surface area (TPSA) is 115 Å². The normalized spacial score (nSPS) is 26.8. The maximum atomic E-state index is 10.3. The molecule has 24 heavy (non-hydrogen) atoms. The van der Waals surface area contributed by atoms with Gasteiger partial charge in [0.1, 0.15) is 36.8 Å². The number of ether oxygens (including phenoxy) is 2. The molecular weight excluding hydrogens is 314 g/mol. The van der Waals surface area contributed by atoms with E-state index in [9.17, 15) is 10.2 Å². The van der Waals surface area contributed by atoms with Crippen molar-refractivity contribution >= 4 is 11.2 Å². The Bertz CT molecular complexity index is 827. The summed E-state index contributed by atoms with van der Waals surface area (Å²) < 4.78 is 12.8. The van der Waals surface area contributed by atoms with Gasteiger partial charge in [0, 0.05) is 12.3 Å². The number of aliphatic hydroxyl groups is 2. The monoisotopic (exact) mass is 329 g/mol. The lowest BCUT2D eigenvalue weighted by Gasteiger charge is -2.16. The lowest BCUT2D eigenvalue weighted by Crippen LogP contribution is -2.34. The molecule has 3 aromatic rings. The number of aromatic nitrogens is 5. The predicted octanol–water partition coefficient (Wildman–Crippen LogP) is -0.0805. The molecule has 1 fully saturated rings. The van der Waals surface area contributed by atoms with Gasteiger partial charge >= 0.3 is 0 Å². The van der Waals surface area contributed by atoms with E-state index in [0.29, 0.717) is 17.0 Å². The molecule has 3 aromatic heterocycles. The van der Waals surface area contributed by atoms with Crippen LogP contribution in [0, 0.1) is 0 Å². The van der Waals surface area contributed by atoms with Crippen LogP contribution in [0.25, 0.3) is 11.2 Å². The number of hydrogen-bond donors (Lipinski definition) is 2. The number of imidazole rings is 1. The highest BCUT2D eigenvalue weighted by atomic mass is 16.6. The molecule has 4 rings (SSSR count). The zero-order chi connectivity index (χ0) is 16.5. The second-order valence-electron chi connectivity index (χ2n) is 5.41. The Balaban J connectivity index is 1.52. The highest BCUT2D eigenvalue weighted by molar-refractivity contribution is 5.68. The Morgan fingerprint density at radius 2 is 2.08 bits per heavy atom. The van der Waals surface area contributed by atoms with Crippen molar-refractivity contribution in [1.82, 2.24) is 24.5 Å². The summed E-state index contributed by atoms with van der Waals surface area (Å²) in [6.07, 6.45) is 2.33. The van der Waals surface area contributed by atoms with Gasteiger partial charge in [-0.05, 0) is 6.07 Å². The average molecular weight is 329 g/mol. The van der Waals surface area contributed by atoms with E-state index >= 15 is 0 Å². The summed E-state index contributed by atoms with van der Waals surface area (Å²) in [5.74, 6) is 0.423. The van der Waals surface area contributed by atoms with Crippen molar-refractivity contribution in [2.24, 2.45) is 0 Å². The molecule has 2 N–H and O–H groups in total. The van der Waals surface area contributed by atoms with Crippen molar-refractivity contribution in [3.8, 4) is 5.88 Å². The molecule has 1 saturated heterocycles. The SMILES string of the molecule is O[C@@H]1[C@H](O)[C@@H](COc2ccccn2)O[C@H]1n1cnc2cncnc21. The van der Waals surface area contributed by atoms with Crippen molar-refractivity contribution in [1.29, 1.82) is 0 Å². The Morgan fingerprint density at radius 3 is 2.92 bits per heavy atom. The second-order valence-corrected chi connectivity index (χ2v) is 5.41. The van der Waals surface area contributed by atoms with Crippen LogP contribution >= 0.6 is 0 Å². The highest BCUT2D eigenvalue weighted by Gasteiger charge is 2.44. The summed E-state index contributed by atoms with van der Waals surface area (Å²) in [6, 6.07) is 5.28. The Hall–Kier alpha value is -2.62. The van der Waals surface area contributed by atoms with Crippen LogP contribution in [0.2, 0.25) is 0 Å². The van der Waals surface area contributed by atoms with Gasteiger partial charge in [-0.15, -0.1) is 0 Å². The summed E-state index contributed by atoms with van der Waals surface area (Å²) in [5, 5.41) is 20.6. The van der Waals surface area contributed by atoms with E-state index in [4.69, 9.17) is 9.47 Å². The zero-order valence-electron chi connectivity index (χ0n) is 12.5. The number of pyridine rings is 1. The van der Waals surface area contributed by atoms with Crippen molar-refractivity contribution in [2.45, 2.75) is 24.5 Å². The van der Waals surface area contributed by atoms with Crippen LogP contribution < -0.4 is 4.74 Å². The van der Waals surface area contributed by atoms with Crippen LogP contribution in [0.5, 0.6) is 5.88 Å². The third kappa shape index (κ3) is 2.58. The minimum Gasteiger partial charge on any atom is -0.475 e. The van der Waals surface area contributed by atoms with Gasteiger partial charge in [0.05, 0.1) is 12.5 Å². The van der Waals surface area contributed by atoms with Crippen molar-refractivity contribution in [3.63, 3.8) is 0 Å². The van der Waals surface area contributed by atoms with E-state index in [2.05, 4.69) is 19.9 Å². The van der Waals surface area contributed by atoms with Crippen LogP contribution in [0.1, 0.15) is 6.23 Å². The van der Waals surface area contributed by atoms with Gasteiger partial charge in [0.25, 0.3) is 0 Å². The lowest BCUT2D eigenvalue weighted by molar-refractivity contribution is -0.0479. The van der Waals surface area contributed by atoms with Gasteiger partial charge in [0.2, 0.25) is 5.88 Å². The third-order valence-electron chi connectivity index (χ3n) is 3.88. The van der Waals surface area contributed by atoms with Gasteiger partial charge in [0.15, 0.2) is 11.9 Å². The van der Waals surface area contributed by atoms with E-state index in [-0.39, 0.29) is 6.61 Å². The molecule has 0 bridgehead atoms. The maximum Gasteiger partial charge on any atom is 0.213 e. The van der Waals surface area contributed by atoms with Crippen molar-refractivity contribution < 1.29 is 19.7 Å². The van der Waals surface area contributed by atoms with E-state index < -0.39 is 24.5 Å². The summed E-state index contributed by atoms with van der Waals surface area (Å²) in [5.41, 5.74) is 1.10.